The Morgan fingerprint density at radius 1 is 1.14 bits per heavy atom. The summed E-state index contributed by atoms with van der Waals surface area (Å²) >= 11 is 12.5. The number of nitrogens with zero attached hydrogens (tertiary/aromatic N) is 1. The Balaban J connectivity index is 1.83. The van der Waals surface area contributed by atoms with Gasteiger partial charge in [0.2, 0.25) is 0 Å². The van der Waals surface area contributed by atoms with Crippen molar-refractivity contribution in [3.8, 4) is 5.75 Å². The Morgan fingerprint density at radius 3 is 2.61 bits per heavy atom. The van der Waals surface area contributed by atoms with Gasteiger partial charge in [-0.05, 0) is 60.8 Å². The van der Waals surface area contributed by atoms with Gasteiger partial charge in [-0.25, -0.2) is 4.98 Å². The van der Waals surface area contributed by atoms with E-state index in [0.717, 1.165) is 32.1 Å². The van der Waals surface area contributed by atoms with Gasteiger partial charge in [0, 0.05) is 26.9 Å². The number of benzene rings is 2. The second kappa shape index (κ2) is 7.79. The van der Waals surface area contributed by atoms with Crippen LogP contribution < -0.4 is 15.4 Å². The Bertz CT molecular complexity index is 1130. The van der Waals surface area contributed by atoms with Gasteiger partial charge in [0.1, 0.15) is 16.5 Å². The van der Waals surface area contributed by atoms with Crippen molar-refractivity contribution in [1.82, 2.24) is 15.6 Å². The molecule has 8 heteroatoms. The fraction of sp³-hybridized carbons (Fsp3) is 0.0500. The van der Waals surface area contributed by atoms with Crippen molar-refractivity contribution in [3.05, 3.63) is 64.8 Å². The first-order valence-electron chi connectivity index (χ1n) is 8.28. The number of aromatic nitrogens is 1. The monoisotopic (exact) mass is 427 g/mol. The fourth-order valence-electron chi connectivity index (χ4n) is 2.71. The number of thiocarbonyl (C=S) groups is 1. The number of methoxy groups -OCH3 is 1. The number of hydrogen-bond acceptors (Lipinski definition) is 5. The third kappa shape index (κ3) is 3.96. The van der Waals surface area contributed by atoms with E-state index in [0.29, 0.717) is 15.8 Å². The van der Waals surface area contributed by atoms with Crippen LogP contribution in [-0.4, -0.2) is 23.1 Å². The van der Waals surface area contributed by atoms with Crippen molar-refractivity contribution in [2.75, 3.05) is 7.11 Å². The third-order valence-corrected chi connectivity index (χ3v) is 5.55. The number of pyridine rings is 1. The number of halogens is 1. The maximum atomic E-state index is 12.1. The van der Waals surface area contributed by atoms with Crippen LogP contribution in [0.15, 0.2) is 64.1 Å². The molecule has 0 saturated carbocycles. The Labute approximate surface area is 176 Å². The third-order valence-electron chi connectivity index (χ3n) is 4.07. The summed E-state index contributed by atoms with van der Waals surface area (Å²) in [4.78, 5) is 17.8. The smallest absolute Gasteiger partial charge is 0.273 e. The summed E-state index contributed by atoms with van der Waals surface area (Å²) in [6.07, 6.45) is 1.75. The lowest BCUT2D eigenvalue weighted by Gasteiger charge is -2.10. The van der Waals surface area contributed by atoms with Gasteiger partial charge in [-0.2, -0.15) is 0 Å². The molecule has 1 amide bonds. The van der Waals surface area contributed by atoms with Gasteiger partial charge < -0.3 is 10.1 Å². The SMILES string of the molecule is COc1ccc2cc(C=C3NC(=S)NC3=O)c(Sc3ccc(Cl)cc3)nc2c1. The molecule has 1 fully saturated rings. The van der Waals surface area contributed by atoms with Crippen LogP contribution in [0.5, 0.6) is 5.75 Å². The van der Waals surface area contributed by atoms with Crippen LogP contribution >= 0.6 is 35.6 Å². The van der Waals surface area contributed by atoms with Crippen LogP contribution in [0.1, 0.15) is 5.56 Å². The van der Waals surface area contributed by atoms with Crippen molar-refractivity contribution in [1.29, 1.82) is 0 Å². The molecule has 2 N–H and O–H groups in total. The first kappa shape index (κ1) is 18.7. The summed E-state index contributed by atoms with van der Waals surface area (Å²) in [5.41, 5.74) is 2.00. The van der Waals surface area contributed by atoms with Gasteiger partial charge in [-0.15, -0.1) is 0 Å². The summed E-state index contributed by atoms with van der Waals surface area (Å²) in [7, 11) is 1.62. The molecule has 4 rings (SSSR count). The molecule has 0 radical (unpaired) electrons. The van der Waals surface area contributed by atoms with E-state index in [4.69, 9.17) is 33.5 Å². The van der Waals surface area contributed by atoms with Crippen LogP contribution in [0.3, 0.4) is 0 Å². The molecule has 140 valence electrons. The molecule has 1 aliphatic heterocycles. The maximum Gasteiger partial charge on any atom is 0.273 e. The lowest BCUT2D eigenvalue weighted by Crippen LogP contribution is -2.21. The molecule has 0 unspecified atom stereocenters. The molecule has 2 heterocycles. The zero-order valence-corrected chi connectivity index (χ0v) is 17.0. The van der Waals surface area contributed by atoms with Crippen LogP contribution in [-0.2, 0) is 4.79 Å². The van der Waals surface area contributed by atoms with Crippen molar-refractivity contribution in [2.45, 2.75) is 9.92 Å². The van der Waals surface area contributed by atoms with Crippen LogP contribution in [0.25, 0.3) is 17.0 Å². The number of hydrogen-bond donors (Lipinski definition) is 2. The molecule has 0 bridgehead atoms. The number of fused-ring (bicyclic) bond motifs is 1. The Hall–Kier alpha value is -2.61. The van der Waals surface area contributed by atoms with E-state index >= 15 is 0 Å². The minimum atomic E-state index is -0.262. The predicted molar refractivity (Wildman–Crippen MR) is 116 cm³/mol. The van der Waals surface area contributed by atoms with Gasteiger partial charge in [0.05, 0.1) is 12.6 Å². The van der Waals surface area contributed by atoms with E-state index in [9.17, 15) is 4.79 Å². The highest BCUT2D eigenvalue weighted by molar-refractivity contribution is 7.99. The molecular formula is C20H14ClN3O2S2. The average Bonchev–Trinajstić information content (AvgIpc) is 3.00. The van der Waals surface area contributed by atoms with Gasteiger partial charge in [0.25, 0.3) is 5.91 Å². The molecule has 1 saturated heterocycles. The number of ether oxygens (including phenoxy) is 1. The number of nitrogens with one attached hydrogen (secondary N) is 2. The summed E-state index contributed by atoms with van der Waals surface area (Å²) in [6, 6.07) is 15.2. The van der Waals surface area contributed by atoms with Gasteiger partial charge in [-0.3, -0.25) is 10.1 Å². The normalized spacial score (nSPS) is 15.0. The minimum Gasteiger partial charge on any atom is -0.497 e. The molecule has 1 aliphatic rings. The highest BCUT2D eigenvalue weighted by Gasteiger charge is 2.21. The fourth-order valence-corrected chi connectivity index (χ4v) is 3.91. The summed E-state index contributed by atoms with van der Waals surface area (Å²) in [6.45, 7) is 0. The van der Waals surface area contributed by atoms with Crippen LogP contribution in [0.2, 0.25) is 5.02 Å². The van der Waals surface area contributed by atoms with Gasteiger partial charge in [-0.1, -0.05) is 23.4 Å². The Morgan fingerprint density at radius 2 is 1.93 bits per heavy atom. The van der Waals surface area contributed by atoms with Crippen LogP contribution in [0, 0.1) is 0 Å². The second-order valence-corrected chi connectivity index (χ2v) is 7.87. The van der Waals surface area contributed by atoms with E-state index in [1.54, 1.807) is 13.2 Å². The summed E-state index contributed by atoms with van der Waals surface area (Å²) < 4.78 is 5.31. The average molecular weight is 428 g/mol. The zero-order chi connectivity index (χ0) is 19.7. The lowest BCUT2D eigenvalue weighted by atomic mass is 10.1. The highest BCUT2D eigenvalue weighted by atomic mass is 35.5. The largest absolute Gasteiger partial charge is 0.497 e. The molecular weight excluding hydrogens is 414 g/mol. The molecule has 3 aromatic rings. The van der Waals surface area contributed by atoms with E-state index in [2.05, 4.69) is 10.6 Å². The lowest BCUT2D eigenvalue weighted by molar-refractivity contribution is -0.115. The van der Waals surface area contributed by atoms with Crippen molar-refractivity contribution < 1.29 is 9.53 Å². The number of carbonyl (C=O) groups excluding carboxylic acids is 1. The summed E-state index contributed by atoms with van der Waals surface area (Å²) in [5.74, 6) is 0.470. The van der Waals surface area contributed by atoms with E-state index in [1.807, 2.05) is 48.5 Å². The van der Waals surface area contributed by atoms with Crippen molar-refractivity contribution in [3.63, 3.8) is 0 Å². The molecule has 0 atom stereocenters. The van der Waals surface area contributed by atoms with Gasteiger partial charge in [0.15, 0.2) is 5.11 Å². The molecule has 0 aliphatic carbocycles. The van der Waals surface area contributed by atoms with E-state index < -0.39 is 0 Å². The van der Waals surface area contributed by atoms with E-state index in [-0.39, 0.29) is 5.91 Å². The van der Waals surface area contributed by atoms with Crippen molar-refractivity contribution in [2.24, 2.45) is 0 Å². The topological polar surface area (TPSA) is 63.2 Å². The first-order valence-corrected chi connectivity index (χ1v) is 9.88. The van der Waals surface area contributed by atoms with Crippen molar-refractivity contribution >= 4 is 63.6 Å². The Kier molecular flexibility index (Phi) is 5.21. The summed E-state index contributed by atoms with van der Waals surface area (Å²) in [5, 5.41) is 8.10. The maximum absolute atomic E-state index is 12.1. The first-order chi connectivity index (χ1) is 13.5. The number of amides is 1. The highest BCUT2D eigenvalue weighted by Crippen LogP contribution is 2.33. The molecule has 1 aromatic heterocycles. The van der Waals surface area contributed by atoms with Crippen LogP contribution in [0.4, 0.5) is 0 Å². The minimum absolute atomic E-state index is 0.262. The standard InChI is InChI=1S/C20H14ClN3O2S2/c1-26-14-5-2-11-8-12(9-17-18(25)24-20(27)23-17)19(22-16(11)10-14)28-15-6-3-13(21)4-7-15/h2-10H,1H3,(H2,23,24,25,27). The second-order valence-electron chi connectivity index (χ2n) is 5.96. The van der Waals surface area contributed by atoms with E-state index in [1.165, 1.54) is 11.8 Å². The quantitative estimate of drug-likeness (QED) is 0.475. The molecule has 2 aromatic carbocycles. The molecule has 0 spiro atoms. The zero-order valence-electron chi connectivity index (χ0n) is 14.7. The number of rotatable bonds is 4. The van der Waals surface area contributed by atoms with Gasteiger partial charge >= 0.3 is 0 Å². The molecule has 28 heavy (non-hydrogen) atoms. The predicted octanol–water partition coefficient (Wildman–Crippen LogP) is 4.39. The molecule has 5 nitrogen and oxygen atoms in total. The number of carbonyl (C=O) groups is 1.